The highest BCUT2D eigenvalue weighted by atomic mass is 35.5. The molecule has 0 fully saturated rings. The highest BCUT2D eigenvalue weighted by molar-refractivity contribution is 6.30. The normalized spacial score (nSPS) is 10.5. The quantitative estimate of drug-likeness (QED) is 0.484. The number of rotatable bonds is 6. The monoisotopic (exact) mass is 405 g/mol. The summed E-state index contributed by atoms with van der Waals surface area (Å²) in [4.78, 5) is 16.6. The first-order valence-electron chi connectivity index (χ1n) is 8.86. The molecule has 4 rings (SSSR count). The molecule has 29 heavy (non-hydrogen) atoms. The van der Waals surface area contributed by atoms with Gasteiger partial charge in [0.05, 0.1) is 5.56 Å². The SMILES string of the molecule is O=C(COc1ccccc1-c1noc(-c2ccccc2)n1)Nc1ccc(Cl)cc1. The molecule has 144 valence electrons. The van der Waals surface area contributed by atoms with E-state index in [1.807, 2.05) is 48.5 Å². The Hall–Kier alpha value is -3.64. The van der Waals surface area contributed by atoms with Crippen LogP contribution in [-0.4, -0.2) is 22.7 Å². The first-order chi connectivity index (χ1) is 14.2. The van der Waals surface area contributed by atoms with E-state index in [1.54, 1.807) is 30.3 Å². The van der Waals surface area contributed by atoms with Crippen LogP contribution in [0.5, 0.6) is 5.75 Å². The first kappa shape index (κ1) is 18.7. The van der Waals surface area contributed by atoms with Gasteiger partial charge in [-0.2, -0.15) is 4.98 Å². The van der Waals surface area contributed by atoms with Crippen LogP contribution < -0.4 is 10.1 Å². The molecule has 0 bridgehead atoms. The lowest BCUT2D eigenvalue weighted by molar-refractivity contribution is -0.118. The summed E-state index contributed by atoms with van der Waals surface area (Å²) in [7, 11) is 0. The molecule has 0 spiro atoms. The van der Waals surface area contributed by atoms with Crippen molar-refractivity contribution in [1.29, 1.82) is 0 Å². The zero-order chi connectivity index (χ0) is 20.1. The van der Waals surface area contributed by atoms with Crippen LogP contribution >= 0.6 is 11.6 Å². The number of aromatic nitrogens is 2. The van der Waals surface area contributed by atoms with E-state index in [0.717, 1.165) is 5.56 Å². The fourth-order valence-corrected chi connectivity index (χ4v) is 2.81. The summed E-state index contributed by atoms with van der Waals surface area (Å²) in [5, 5.41) is 7.40. The Morgan fingerprint density at radius 2 is 1.69 bits per heavy atom. The van der Waals surface area contributed by atoms with E-state index < -0.39 is 0 Å². The number of ether oxygens (including phenoxy) is 1. The number of para-hydroxylation sites is 1. The lowest BCUT2D eigenvalue weighted by Crippen LogP contribution is -2.20. The predicted octanol–water partition coefficient (Wildman–Crippen LogP) is 5.07. The molecule has 6 nitrogen and oxygen atoms in total. The Balaban J connectivity index is 1.47. The maximum absolute atomic E-state index is 12.2. The highest BCUT2D eigenvalue weighted by Crippen LogP contribution is 2.29. The van der Waals surface area contributed by atoms with E-state index in [9.17, 15) is 4.79 Å². The van der Waals surface area contributed by atoms with Crippen LogP contribution in [0.2, 0.25) is 5.02 Å². The molecule has 0 radical (unpaired) electrons. The Labute approximate surface area is 172 Å². The molecular formula is C22H16ClN3O3. The number of carbonyl (C=O) groups excluding carboxylic acids is 1. The fraction of sp³-hybridized carbons (Fsp3) is 0.0455. The first-order valence-corrected chi connectivity index (χ1v) is 9.23. The van der Waals surface area contributed by atoms with Gasteiger partial charge in [-0.05, 0) is 48.5 Å². The molecule has 4 aromatic rings. The van der Waals surface area contributed by atoms with E-state index in [2.05, 4.69) is 15.5 Å². The average molecular weight is 406 g/mol. The minimum Gasteiger partial charge on any atom is -0.483 e. The molecule has 0 saturated carbocycles. The fourth-order valence-electron chi connectivity index (χ4n) is 2.68. The largest absolute Gasteiger partial charge is 0.483 e. The lowest BCUT2D eigenvalue weighted by atomic mass is 10.2. The number of nitrogens with zero attached hydrogens (tertiary/aromatic N) is 2. The number of halogens is 1. The van der Waals surface area contributed by atoms with Crippen molar-refractivity contribution in [3.05, 3.63) is 83.9 Å². The van der Waals surface area contributed by atoms with Gasteiger partial charge in [0, 0.05) is 16.3 Å². The molecule has 0 unspecified atom stereocenters. The smallest absolute Gasteiger partial charge is 0.262 e. The van der Waals surface area contributed by atoms with Crippen molar-refractivity contribution in [1.82, 2.24) is 10.1 Å². The van der Waals surface area contributed by atoms with Crippen molar-refractivity contribution in [2.45, 2.75) is 0 Å². The van der Waals surface area contributed by atoms with E-state index in [1.165, 1.54) is 0 Å². The summed E-state index contributed by atoms with van der Waals surface area (Å²) < 4.78 is 11.1. The van der Waals surface area contributed by atoms with Crippen LogP contribution in [0.15, 0.2) is 83.4 Å². The van der Waals surface area contributed by atoms with Crippen LogP contribution in [-0.2, 0) is 4.79 Å². The molecule has 1 aromatic heterocycles. The summed E-state index contributed by atoms with van der Waals surface area (Å²) in [6.07, 6.45) is 0. The molecule has 0 saturated heterocycles. The molecule has 0 aliphatic rings. The van der Waals surface area contributed by atoms with Gasteiger partial charge in [0.15, 0.2) is 6.61 Å². The van der Waals surface area contributed by atoms with Crippen molar-refractivity contribution in [2.75, 3.05) is 11.9 Å². The molecular weight excluding hydrogens is 390 g/mol. The third-order valence-electron chi connectivity index (χ3n) is 4.06. The zero-order valence-electron chi connectivity index (χ0n) is 15.2. The molecule has 0 aliphatic heterocycles. The average Bonchev–Trinajstić information content (AvgIpc) is 3.25. The van der Waals surface area contributed by atoms with E-state index in [-0.39, 0.29) is 12.5 Å². The van der Waals surface area contributed by atoms with Gasteiger partial charge < -0.3 is 14.6 Å². The van der Waals surface area contributed by atoms with Crippen molar-refractivity contribution in [3.8, 4) is 28.6 Å². The number of carbonyl (C=O) groups is 1. The van der Waals surface area contributed by atoms with Crippen molar-refractivity contribution in [2.24, 2.45) is 0 Å². The summed E-state index contributed by atoms with van der Waals surface area (Å²) in [5.41, 5.74) is 2.10. The van der Waals surface area contributed by atoms with Crippen LogP contribution in [0.3, 0.4) is 0 Å². The lowest BCUT2D eigenvalue weighted by Gasteiger charge is -2.10. The second kappa shape index (κ2) is 8.58. The van der Waals surface area contributed by atoms with Gasteiger partial charge in [-0.25, -0.2) is 0 Å². The summed E-state index contributed by atoms with van der Waals surface area (Å²) in [5.74, 6) is 0.993. The van der Waals surface area contributed by atoms with Crippen molar-refractivity contribution < 1.29 is 14.1 Å². The van der Waals surface area contributed by atoms with Crippen LogP contribution in [0.4, 0.5) is 5.69 Å². The molecule has 7 heteroatoms. The maximum atomic E-state index is 12.2. The van der Waals surface area contributed by atoms with E-state index >= 15 is 0 Å². The van der Waals surface area contributed by atoms with E-state index in [0.29, 0.717) is 33.7 Å². The van der Waals surface area contributed by atoms with Gasteiger partial charge in [0.1, 0.15) is 5.75 Å². The van der Waals surface area contributed by atoms with Gasteiger partial charge in [0.25, 0.3) is 11.8 Å². The molecule has 1 amide bonds. The number of nitrogens with one attached hydrogen (secondary N) is 1. The van der Waals surface area contributed by atoms with Gasteiger partial charge in [0.2, 0.25) is 5.82 Å². The van der Waals surface area contributed by atoms with Crippen molar-refractivity contribution >= 4 is 23.2 Å². The topological polar surface area (TPSA) is 77.2 Å². The minimum atomic E-state index is -0.291. The highest BCUT2D eigenvalue weighted by Gasteiger charge is 2.15. The molecule has 1 N–H and O–H groups in total. The van der Waals surface area contributed by atoms with Gasteiger partial charge in [-0.1, -0.05) is 47.1 Å². The van der Waals surface area contributed by atoms with Gasteiger partial charge >= 0.3 is 0 Å². The van der Waals surface area contributed by atoms with Crippen molar-refractivity contribution in [3.63, 3.8) is 0 Å². The summed E-state index contributed by atoms with van der Waals surface area (Å²) in [6, 6.07) is 23.6. The third-order valence-corrected chi connectivity index (χ3v) is 4.31. The number of benzene rings is 3. The summed E-state index contributed by atoms with van der Waals surface area (Å²) in [6.45, 7) is -0.164. The van der Waals surface area contributed by atoms with Crippen LogP contribution in [0, 0.1) is 0 Å². The maximum Gasteiger partial charge on any atom is 0.262 e. The zero-order valence-corrected chi connectivity index (χ0v) is 16.0. The molecule has 0 aliphatic carbocycles. The Morgan fingerprint density at radius 3 is 2.48 bits per heavy atom. The van der Waals surface area contributed by atoms with Gasteiger partial charge in [-0.15, -0.1) is 0 Å². The summed E-state index contributed by atoms with van der Waals surface area (Å²) >= 11 is 5.85. The standard InChI is InChI=1S/C22H16ClN3O3/c23-16-10-12-17(13-11-16)24-20(27)14-28-19-9-5-4-8-18(19)21-25-22(29-26-21)15-6-2-1-3-7-15/h1-13H,14H2,(H,24,27). The van der Waals surface area contributed by atoms with E-state index in [4.69, 9.17) is 20.9 Å². The molecule has 0 atom stereocenters. The number of anilines is 1. The minimum absolute atomic E-state index is 0.164. The Morgan fingerprint density at radius 1 is 0.966 bits per heavy atom. The van der Waals surface area contributed by atoms with Crippen LogP contribution in [0.1, 0.15) is 0 Å². The number of hydrogen-bond acceptors (Lipinski definition) is 5. The number of hydrogen-bond donors (Lipinski definition) is 1. The second-order valence-electron chi connectivity index (χ2n) is 6.13. The van der Waals surface area contributed by atoms with Gasteiger partial charge in [-0.3, -0.25) is 4.79 Å². The Kier molecular flexibility index (Phi) is 5.54. The van der Waals surface area contributed by atoms with Crippen LogP contribution in [0.25, 0.3) is 22.8 Å². The Bertz CT molecular complexity index is 1110. The third kappa shape index (κ3) is 4.62. The molecule has 3 aromatic carbocycles. The predicted molar refractivity (Wildman–Crippen MR) is 111 cm³/mol. The molecule has 1 heterocycles. The number of amides is 1. The second-order valence-corrected chi connectivity index (χ2v) is 6.57.